The van der Waals surface area contributed by atoms with Gasteiger partial charge in [-0.15, -0.1) is 0 Å². The summed E-state index contributed by atoms with van der Waals surface area (Å²) < 4.78 is 0. The maximum Gasteiger partial charge on any atom is 0.321 e. The third-order valence-corrected chi connectivity index (χ3v) is 3.07. The smallest absolute Gasteiger partial charge is 0.321 e. The molecule has 1 aromatic rings. The molecule has 0 saturated carbocycles. The van der Waals surface area contributed by atoms with Gasteiger partial charge in [0.1, 0.15) is 0 Å². The number of aliphatic carboxylic acids is 1. The van der Waals surface area contributed by atoms with Crippen LogP contribution in [0.5, 0.6) is 0 Å². The number of rotatable bonds is 4. The lowest BCUT2D eigenvalue weighted by molar-refractivity contribution is -0.141. The molecule has 1 aromatic carbocycles. The molecule has 1 atom stereocenters. The number of nitrogens with one attached hydrogen (secondary N) is 1. The topological polar surface area (TPSA) is 69.6 Å². The Balaban J connectivity index is 2.05. The van der Waals surface area contributed by atoms with Crippen molar-refractivity contribution in [1.82, 2.24) is 5.32 Å². The van der Waals surface area contributed by atoms with Crippen molar-refractivity contribution in [3.05, 3.63) is 29.8 Å². The normalized spacial score (nSPS) is 16.5. The number of hydrogen-bond donors (Lipinski definition) is 2. The SMILES string of the molecule is CC(Cc1ccc(N2CCNC2=O)cc1)C(=O)O. The molecule has 1 saturated heterocycles. The lowest BCUT2D eigenvalue weighted by Gasteiger charge is -2.15. The second-order valence-corrected chi connectivity index (χ2v) is 4.49. The van der Waals surface area contributed by atoms with E-state index in [1.165, 1.54) is 0 Å². The number of nitrogens with zero attached hydrogens (tertiary/aromatic N) is 1. The summed E-state index contributed by atoms with van der Waals surface area (Å²) in [4.78, 5) is 23.9. The molecule has 2 N–H and O–H groups in total. The number of hydrogen-bond acceptors (Lipinski definition) is 2. The largest absolute Gasteiger partial charge is 0.481 e. The van der Waals surface area contributed by atoms with Gasteiger partial charge in [-0.05, 0) is 24.1 Å². The van der Waals surface area contributed by atoms with Crippen LogP contribution in [0.4, 0.5) is 10.5 Å². The molecule has 18 heavy (non-hydrogen) atoms. The number of carboxylic acids is 1. The van der Waals surface area contributed by atoms with E-state index in [-0.39, 0.29) is 6.03 Å². The van der Waals surface area contributed by atoms with Crippen molar-refractivity contribution >= 4 is 17.7 Å². The number of anilines is 1. The summed E-state index contributed by atoms with van der Waals surface area (Å²) in [6.45, 7) is 3.02. The van der Waals surface area contributed by atoms with E-state index < -0.39 is 11.9 Å². The van der Waals surface area contributed by atoms with Crippen LogP contribution in [0.1, 0.15) is 12.5 Å². The van der Waals surface area contributed by atoms with Crippen LogP contribution in [0.3, 0.4) is 0 Å². The van der Waals surface area contributed by atoms with Crippen LogP contribution in [0.15, 0.2) is 24.3 Å². The van der Waals surface area contributed by atoms with E-state index in [0.717, 1.165) is 11.3 Å². The third kappa shape index (κ3) is 2.61. The van der Waals surface area contributed by atoms with Crippen LogP contribution in [0.2, 0.25) is 0 Å². The van der Waals surface area contributed by atoms with E-state index in [1.54, 1.807) is 11.8 Å². The summed E-state index contributed by atoms with van der Waals surface area (Å²) in [6.07, 6.45) is 0.502. The maximum atomic E-state index is 11.5. The Morgan fingerprint density at radius 1 is 1.44 bits per heavy atom. The molecular weight excluding hydrogens is 232 g/mol. The zero-order valence-corrected chi connectivity index (χ0v) is 10.2. The number of carboxylic acid groups (broad SMARTS) is 1. The average molecular weight is 248 g/mol. The highest BCUT2D eigenvalue weighted by atomic mass is 16.4. The Morgan fingerprint density at radius 2 is 2.11 bits per heavy atom. The fourth-order valence-corrected chi connectivity index (χ4v) is 1.97. The first-order valence-electron chi connectivity index (χ1n) is 5.95. The molecule has 1 aliphatic heterocycles. The molecule has 0 radical (unpaired) electrons. The van der Waals surface area contributed by atoms with E-state index in [0.29, 0.717) is 19.5 Å². The van der Waals surface area contributed by atoms with Gasteiger partial charge >= 0.3 is 12.0 Å². The van der Waals surface area contributed by atoms with E-state index in [9.17, 15) is 9.59 Å². The van der Waals surface area contributed by atoms with Crippen LogP contribution in [0.25, 0.3) is 0 Å². The Kier molecular flexibility index (Phi) is 3.50. The van der Waals surface area contributed by atoms with Crippen LogP contribution in [-0.4, -0.2) is 30.2 Å². The maximum absolute atomic E-state index is 11.5. The van der Waals surface area contributed by atoms with Crippen LogP contribution in [0, 0.1) is 5.92 Å². The van der Waals surface area contributed by atoms with Gasteiger partial charge in [-0.3, -0.25) is 9.69 Å². The summed E-state index contributed by atoms with van der Waals surface area (Å²) >= 11 is 0. The number of urea groups is 1. The third-order valence-electron chi connectivity index (χ3n) is 3.07. The number of amides is 2. The molecule has 1 heterocycles. The van der Waals surface area contributed by atoms with Crippen molar-refractivity contribution < 1.29 is 14.7 Å². The van der Waals surface area contributed by atoms with Crippen LogP contribution < -0.4 is 10.2 Å². The highest BCUT2D eigenvalue weighted by molar-refractivity contribution is 5.93. The minimum Gasteiger partial charge on any atom is -0.481 e. The van der Waals surface area contributed by atoms with E-state index in [4.69, 9.17) is 5.11 Å². The zero-order chi connectivity index (χ0) is 13.1. The van der Waals surface area contributed by atoms with Gasteiger partial charge in [-0.25, -0.2) is 4.79 Å². The van der Waals surface area contributed by atoms with Crippen molar-refractivity contribution in [2.24, 2.45) is 5.92 Å². The van der Waals surface area contributed by atoms with Crippen LogP contribution >= 0.6 is 0 Å². The summed E-state index contributed by atoms with van der Waals surface area (Å²) in [5.74, 6) is -1.19. The van der Waals surface area contributed by atoms with Gasteiger partial charge in [-0.1, -0.05) is 19.1 Å². The monoisotopic (exact) mass is 248 g/mol. The number of benzene rings is 1. The van der Waals surface area contributed by atoms with Gasteiger partial charge in [0, 0.05) is 18.8 Å². The van der Waals surface area contributed by atoms with Crippen molar-refractivity contribution in [3.63, 3.8) is 0 Å². The Bertz CT molecular complexity index is 456. The molecule has 0 spiro atoms. The summed E-state index contributed by atoms with van der Waals surface area (Å²) in [5, 5.41) is 11.6. The lowest BCUT2D eigenvalue weighted by Crippen LogP contribution is -2.27. The zero-order valence-electron chi connectivity index (χ0n) is 10.2. The molecule has 2 amide bonds. The minimum atomic E-state index is -0.794. The summed E-state index contributed by atoms with van der Waals surface area (Å²) in [7, 11) is 0. The molecule has 1 unspecified atom stereocenters. The first-order chi connectivity index (χ1) is 8.58. The average Bonchev–Trinajstić information content (AvgIpc) is 2.76. The first-order valence-corrected chi connectivity index (χ1v) is 5.95. The van der Waals surface area contributed by atoms with E-state index in [2.05, 4.69) is 5.32 Å². The van der Waals surface area contributed by atoms with Gasteiger partial charge in [0.05, 0.1) is 5.92 Å². The highest BCUT2D eigenvalue weighted by Crippen LogP contribution is 2.18. The van der Waals surface area contributed by atoms with Crippen molar-refractivity contribution in [1.29, 1.82) is 0 Å². The molecule has 1 aliphatic rings. The second kappa shape index (κ2) is 5.08. The van der Waals surface area contributed by atoms with E-state index >= 15 is 0 Å². The van der Waals surface area contributed by atoms with E-state index in [1.807, 2.05) is 24.3 Å². The lowest BCUT2D eigenvalue weighted by atomic mass is 10.0. The summed E-state index contributed by atoms with van der Waals surface area (Å²) in [6, 6.07) is 7.38. The fourth-order valence-electron chi connectivity index (χ4n) is 1.97. The molecule has 5 nitrogen and oxygen atoms in total. The predicted molar refractivity (Wildman–Crippen MR) is 67.7 cm³/mol. The first kappa shape index (κ1) is 12.4. The fraction of sp³-hybridized carbons (Fsp3) is 0.385. The standard InChI is InChI=1S/C13H16N2O3/c1-9(12(16)17)8-10-2-4-11(5-3-10)15-7-6-14-13(15)18/h2-5,9H,6-8H2,1H3,(H,14,18)(H,16,17). The van der Waals surface area contributed by atoms with Crippen molar-refractivity contribution in [3.8, 4) is 0 Å². The minimum absolute atomic E-state index is 0.0818. The molecule has 1 fully saturated rings. The molecule has 0 aliphatic carbocycles. The second-order valence-electron chi connectivity index (χ2n) is 4.49. The Labute approximate surface area is 105 Å². The molecule has 96 valence electrons. The molecule has 0 bridgehead atoms. The summed E-state index contributed by atoms with van der Waals surface area (Å²) in [5.41, 5.74) is 1.81. The molecule has 5 heteroatoms. The molecule has 0 aromatic heterocycles. The highest BCUT2D eigenvalue weighted by Gasteiger charge is 2.20. The van der Waals surface area contributed by atoms with Gasteiger partial charge in [-0.2, -0.15) is 0 Å². The number of carbonyl (C=O) groups is 2. The quantitative estimate of drug-likeness (QED) is 0.848. The number of carbonyl (C=O) groups excluding carboxylic acids is 1. The Morgan fingerprint density at radius 3 is 2.61 bits per heavy atom. The van der Waals surface area contributed by atoms with Gasteiger partial charge in [0.15, 0.2) is 0 Å². The van der Waals surface area contributed by atoms with Gasteiger partial charge in [0.2, 0.25) is 0 Å². The molecule has 2 rings (SSSR count). The van der Waals surface area contributed by atoms with Crippen LogP contribution in [-0.2, 0) is 11.2 Å². The molecular formula is C13H16N2O3. The van der Waals surface area contributed by atoms with Gasteiger partial charge in [0.25, 0.3) is 0 Å². The predicted octanol–water partition coefficient (Wildman–Crippen LogP) is 1.48. The van der Waals surface area contributed by atoms with Crippen molar-refractivity contribution in [2.45, 2.75) is 13.3 Å². The Hall–Kier alpha value is -2.04. The van der Waals surface area contributed by atoms with Crippen molar-refractivity contribution in [2.75, 3.05) is 18.0 Å². The van der Waals surface area contributed by atoms with Gasteiger partial charge < -0.3 is 10.4 Å².